The van der Waals surface area contributed by atoms with Crippen LogP contribution < -0.4 is 10.3 Å². The molecule has 1 fully saturated rings. The normalized spacial score (nSPS) is 14.9. The molecule has 0 unspecified atom stereocenters. The first-order chi connectivity index (χ1) is 14.1. The number of amides is 1. The first kappa shape index (κ1) is 19.1. The van der Waals surface area contributed by atoms with E-state index in [4.69, 9.17) is 4.74 Å². The number of nitrogens with zero attached hydrogens (tertiary/aromatic N) is 3. The zero-order valence-corrected chi connectivity index (χ0v) is 16.0. The highest BCUT2D eigenvalue weighted by Crippen LogP contribution is 2.22. The standard InChI is InChI=1S/C21H21FN4O3/c1-29-18-7-6-15(22)12-14(18)13-25-8-10-26(11-9-25)21(28)19-16-4-2-3-5-17(16)20(27)24-23-19/h2-7,12H,8-11,13H2,1H3,(H,24,27). The summed E-state index contributed by atoms with van der Waals surface area (Å²) in [4.78, 5) is 28.8. The quantitative estimate of drug-likeness (QED) is 0.730. The second-order valence-electron chi connectivity index (χ2n) is 6.97. The van der Waals surface area contributed by atoms with Gasteiger partial charge in [0, 0.05) is 43.7 Å². The van der Waals surface area contributed by atoms with Crippen LogP contribution in [-0.4, -0.2) is 59.2 Å². The van der Waals surface area contributed by atoms with E-state index in [1.807, 2.05) is 0 Å². The fraction of sp³-hybridized carbons (Fsp3) is 0.286. The van der Waals surface area contributed by atoms with Gasteiger partial charge in [0.2, 0.25) is 0 Å². The van der Waals surface area contributed by atoms with Crippen molar-refractivity contribution in [3.63, 3.8) is 0 Å². The molecule has 1 saturated heterocycles. The van der Waals surface area contributed by atoms with E-state index in [1.54, 1.807) is 42.3 Å². The highest BCUT2D eigenvalue weighted by Gasteiger charge is 2.25. The third-order valence-corrected chi connectivity index (χ3v) is 5.19. The number of piperazine rings is 1. The predicted molar refractivity (Wildman–Crippen MR) is 106 cm³/mol. The fourth-order valence-corrected chi connectivity index (χ4v) is 3.65. The summed E-state index contributed by atoms with van der Waals surface area (Å²) in [6, 6.07) is 11.4. The number of hydrogen-bond donors (Lipinski definition) is 1. The largest absolute Gasteiger partial charge is 0.496 e. The Labute approximate surface area is 166 Å². The van der Waals surface area contributed by atoms with Crippen molar-refractivity contribution in [3.8, 4) is 5.75 Å². The number of benzene rings is 2. The molecule has 150 valence electrons. The third kappa shape index (κ3) is 3.84. The molecule has 0 saturated carbocycles. The van der Waals surface area contributed by atoms with Crippen LogP contribution in [0.4, 0.5) is 4.39 Å². The molecule has 0 aliphatic carbocycles. The van der Waals surface area contributed by atoms with Gasteiger partial charge in [0.05, 0.1) is 12.5 Å². The summed E-state index contributed by atoms with van der Waals surface area (Å²) < 4.78 is 18.9. The van der Waals surface area contributed by atoms with Gasteiger partial charge in [-0.1, -0.05) is 18.2 Å². The Hall–Kier alpha value is -3.26. The molecule has 4 rings (SSSR count). The number of carbonyl (C=O) groups is 1. The Balaban J connectivity index is 1.47. The van der Waals surface area contributed by atoms with Gasteiger partial charge in [0.1, 0.15) is 11.6 Å². The molecule has 1 aliphatic heterocycles. The number of ether oxygens (including phenoxy) is 1. The summed E-state index contributed by atoms with van der Waals surface area (Å²) in [5, 5.41) is 7.41. The Bertz CT molecular complexity index is 1110. The van der Waals surface area contributed by atoms with Crippen LogP contribution in [0.2, 0.25) is 0 Å². The van der Waals surface area contributed by atoms with E-state index < -0.39 is 0 Å². The van der Waals surface area contributed by atoms with Crippen molar-refractivity contribution in [1.29, 1.82) is 0 Å². The molecule has 7 nitrogen and oxygen atoms in total. The van der Waals surface area contributed by atoms with Gasteiger partial charge < -0.3 is 9.64 Å². The summed E-state index contributed by atoms with van der Waals surface area (Å²) in [6.45, 7) is 2.87. The number of aromatic nitrogens is 2. The number of carbonyl (C=O) groups excluding carboxylic acids is 1. The number of methoxy groups -OCH3 is 1. The van der Waals surface area contributed by atoms with Crippen molar-refractivity contribution >= 4 is 16.7 Å². The summed E-state index contributed by atoms with van der Waals surface area (Å²) in [5.41, 5.74) is 0.715. The van der Waals surface area contributed by atoms with E-state index in [1.165, 1.54) is 12.1 Å². The molecule has 1 aliphatic rings. The lowest BCUT2D eigenvalue weighted by Crippen LogP contribution is -2.48. The third-order valence-electron chi connectivity index (χ3n) is 5.19. The van der Waals surface area contributed by atoms with Crippen LogP contribution in [0.15, 0.2) is 47.3 Å². The lowest BCUT2D eigenvalue weighted by molar-refractivity contribution is 0.0622. The van der Waals surface area contributed by atoms with Crippen molar-refractivity contribution in [2.24, 2.45) is 0 Å². The van der Waals surface area contributed by atoms with Crippen LogP contribution in [0, 0.1) is 5.82 Å². The molecule has 8 heteroatoms. The maximum Gasteiger partial charge on any atom is 0.275 e. The Kier molecular flexibility index (Phi) is 5.26. The van der Waals surface area contributed by atoms with Gasteiger partial charge in [0.25, 0.3) is 11.5 Å². The van der Waals surface area contributed by atoms with E-state index in [2.05, 4.69) is 15.1 Å². The number of nitrogens with one attached hydrogen (secondary N) is 1. The second kappa shape index (κ2) is 8.00. The fourth-order valence-electron chi connectivity index (χ4n) is 3.65. The molecular weight excluding hydrogens is 375 g/mol. The van der Waals surface area contributed by atoms with Crippen molar-refractivity contribution in [1.82, 2.24) is 20.0 Å². The molecule has 1 aromatic heterocycles. The summed E-state index contributed by atoms with van der Waals surface area (Å²) in [7, 11) is 1.56. The average molecular weight is 396 g/mol. The number of H-pyrrole nitrogens is 1. The topological polar surface area (TPSA) is 78.5 Å². The van der Waals surface area contributed by atoms with Crippen LogP contribution in [0.5, 0.6) is 5.75 Å². The van der Waals surface area contributed by atoms with Crippen molar-refractivity contribution in [2.75, 3.05) is 33.3 Å². The number of fused-ring (bicyclic) bond motifs is 1. The monoisotopic (exact) mass is 396 g/mol. The lowest BCUT2D eigenvalue weighted by atomic mass is 10.1. The smallest absolute Gasteiger partial charge is 0.275 e. The zero-order chi connectivity index (χ0) is 20.4. The van der Waals surface area contributed by atoms with Gasteiger partial charge in [-0.2, -0.15) is 5.10 Å². The van der Waals surface area contributed by atoms with E-state index in [9.17, 15) is 14.0 Å². The average Bonchev–Trinajstić information content (AvgIpc) is 2.74. The minimum Gasteiger partial charge on any atom is -0.496 e. The Morgan fingerprint density at radius 3 is 2.59 bits per heavy atom. The van der Waals surface area contributed by atoms with Crippen LogP contribution in [0.25, 0.3) is 10.8 Å². The minimum absolute atomic E-state index is 0.208. The molecule has 1 amide bonds. The highest BCUT2D eigenvalue weighted by atomic mass is 19.1. The maximum atomic E-state index is 13.6. The lowest BCUT2D eigenvalue weighted by Gasteiger charge is -2.34. The molecule has 3 aromatic rings. The second-order valence-corrected chi connectivity index (χ2v) is 6.97. The van der Waals surface area contributed by atoms with E-state index in [0.717, 1.165) is 5.56 Å². The molecule has 2 heterocycles. The van der Waals surface area contributed by atoms with Crippen molar-refractivity contribution in [3.05, 3.63) is 69.9 Å². The Morgan fingerprint density at radius 1 is 1.14 bits per heavy atom. The molecule has 0 radical (unpaired) electrons. The van der Waals surface area contributed by atoms with Crippen LogP contribution >= 0.6 is 0 Å². The summed E-state index contributed by atoms with van der Waals surface area (Å²) >= 11 is 0. The SMILES string of the molecule is COc1ccc(F)cc1CN1CCN(C(=O)c2n[nH]c(=O)c3ccccc23)CC1. The predicted octanol–water partition coefficient (Wildman–Crippen LogP) is 2.03. The van der Waals surface area contributed by atoms with Crippen molar-refractivity contribution < 1.29 is 13.9 Å². The molecule has 0 atom stereocenters. The maximum absolute atomic E-state index is 13.6. The molecule has 1 N–H and O–H groups in total. The first-order valence-electron chi connectivity index (χ1n) is 9.38. The van der Waals surface area contributed by atoms with Gasteiger partial charge in [-0.3, -0.25) is 14.5 Å². The minimum atomic E-state index is -0.314. The van der Waals surface area contributed by atoms with E-state index in [0.29, 0.717) is 49.2 Å². The van der Waals surface area contributed by atoms with Gasteiger partial charge in [-0.25, -0.2) is 9.49 Å². The zero-order valence-electron chi connectivity index (χ0n) is 16.0. The van der Waals surface area contributed by atoms with Gasteiger partial charge in [-0.15, -0.1) is 0 Å². The van der Waals surface area contributed by atoms with E-state index in [-0.39, 0.29) is 23.0 Å². The number of hydrogen-bond acceptors (Lipinski definition) is 5. The molecular formula is C21H21FN4O3. The molecule has 29 heavy (non-hydrogen) atoms. The molecule has 0 bridgehead atoms. The van der Waals surface area contributed by atoms with Gasteiger partial charge in [0.15, 0.2) is 5.69 Å². The van der Waals surface area contributed by atoms with Crippen LogP contribution in [0.3, 0.4) is 0 Å². The van der Waals surface area contributed by atoms with Crippen LogP contribution in [-0.2, 0) is 6.54 Å². The van der Waals surface area contributed by atoms with Crippen LogP contribution in [0.1, 0.15) is 16.1 Å². The van der Waals surface area contributed by atoms with Gasteiger partial charge >= 0.3 is 0 Å². The van der Waals surface area contributed by atoms with Crippen molar-refractivity contribution in [2.45, 2.75) is 6.54 Å². The van der Waals surface area contributed by atoms with E-state index >= 15 is 0 Å². The number of rotatable bonds is 4. The highest BCUT2D eigenvalue weighted by molar-refractivity contribution is 6.04. The molecule has 2 aromatic carbocycles. The number of halogens is 1. The summed E-state index contributed by atoms with van der Waals surface area (Å²) in [5.74, 6) is 0.139. The van der Waals surface area contributed by atoms with Gasteiger partial charge in [-0.05, 0) is 24.3 Å². The molecule has 0 spiro atoms. The Morgan fingerprint density at radius 2 is 1.86 bits per heavy atom. The first-order valence-corrected chi connectivity index (χ1v) is 9.38. The number of aromatic amines is 1. The summed E-state index contributed by atoms with van der Waals surface area (Å²) in [6.07, 6.45) is 0.